The molecule has 4 nitrogen and oxygen atoms in total. The number of nitrogens with one attached hydrogen (secondary N) is 1. The molecule has 1 N–H and O–H groups in total. The van der Waals surface area contributed by atoms with E-state index in [9.17, 15) is 0 Å². The van der Waals surface area contributed by atoms with E-state index < -0.39 is 0 Å². The van der Waals surface area contributed by atoms with Crippen molar-refractivity contribution < 1.29 is 0 Å². The van der Waals surface area contributed by atoms with E-state index in [-0.39, 0.29) is 0 Å². The number of hydrogen-bond donors (Lipinski definition) is 1. The molecule has 2 heterocycles. The van der Waals surface area contributed by atoms with E-state index in [1.54, 1.807) is 0 Å². The Morgan fingerprint density at radius 2 is 2.06 bits per heavy atom. The van der Waals surface area contributed by atoms with Crippen LogP contribution in [0.5, 0.6) is 0 Å². The number of rotatable bonds is 6. The second-order valence-electron chi connectivity index (χ2n) is 3.65. The Balaban J connectivity index is 1.59. The smallest absolute Gasteiger partial charge is 0.0489 e. The van der Waals surface area contributed by atoms with Gasteiger partial charge >= 0.3 is 0 Å². The molecule has 0 aromatic carbocycles. The van der Waals surface area contributed by atoms with Crippen LogP contribution < -0.4 is 5.32 Å². The van der Waals surface area contributed by atoms with Gasteiger partial charge in [-0.2, -0.15) is 5.10 Å². The maximum atomic E-state index is 4.15. The van der Waals surface area contributed by atoms with Gasteiger partial charge in [-0.25, -0.2) is 0 Å². The molecule has 0 aliphatic rings. The SMILES string of the molecule is c1cnn(CCCNCc2ccncc2)c1. The number of aromatic nitrogens is 3. The van der Waals surface area contributed by atoms with Gasteiger partial charge < -0.3 is 5.32 Å². The molecular formula is C12H16N4. The molecule has 16 heavy (non-hydrogen) atoms. The summed E-state index contributed by atoms with van der Waals surface area (Å²) < 4.78 is 1.95. The Kier molecular flexibility index (Phi) is 4.08. The molecule has 0 amide bonds. The maximum absolute atomic E-state index is 4.15. The quantitative estimate of drug-likeness (QED) is 0.743. The third kappa shape index (κ3) is 3.47. The van der Waals surface area contributed by atoms with Crippen LogP contribution in [0.3, 0.4) is 0 Å². The van der Waals surface area contributed by atoms with Gasteiger partial charge in [0.05, 0.1) is 0 Å². The summed E-state index contributed by atoms with van der Waals surface area (Å²) in [5, 5.41) is 7.55. The molecule has 2 aromatic rings. The van der Waals surface area contributed by atoms with Crippen LogP contribution in [0.4, 0.5) is 0 Å². The Bertz CT molecular complexity index is 383. The first-order valence-electron chi connectivity index (χ1n) is 5.52. The lowest BCUT2D eigenvalue weighted by Gasteiger charge is -2.04. The van der Waals surface area contributed by atoms with Crippen molar-refractivity contribution in [1.82, 2.24) is 20.1 Å². The molecular weight excluding hydrogens is 200 g/mol. The predicted molar refractivity (Wildman–Crippen MR) is 62.8 cm³/mol. The Hall–Kier alpha value is -1.68. The molecule has 0 fully saturated rings. The minimum Gasteiger partial charge on any atom is -0.313 e. The van der Waals surface area contributed by atoms with Crippen molar-refractivity contribution in [3.8, 4) is 0 Å². The molecule has 0 aliphatic heterocycles. The summed E-state index contributed by atoms with van der Waals surface area (Å²) in [5.41, 5.74) is 1.27. The van der Waals surface area contributed by atoms with E-state index in [1.165, 1.54) is 5.56 Å². The second-order valence-corrected chi connectivity index (χ2v) is 3.65. The summed E-state index contributed by atoms with van der Waals surface area (Å²) >= 11 is 0. The zero-order chi connectivity index (χ0) is 11.1. The minimum atomic E-state index is 0.904. The molecule has 0 bridgehead atoms. The summed E-state index contributed by atoms with van der Waals surface area (Å²) in [6, 6.07) is 6.01. The number of pyridine rings is 1. The summed E-state index contributed by atoms with van der Waals surface area (Å²) in [5.74, 6) is 0. The highest BCUT2D eigenvalue weighted by molar-refractivity contribution is 5.08. The van der Waals surface area contributed by atoms with Gasteiger partial charge in [0.2, 0.25) is 0 Å². The third-order valence-corrected chi connectivity index (χ3v) is 2.38. The molecule has 0 saturated heterocycles. The van der Waals surface area contributed by atoms with Crippen LogP contribution >= 0.6 is 0 Å². The van der Waals surface area contributed by atoms with E-state index in [0.717, 1.165) is 26.1 Å². The van der Waals surface area contributed by atoms with E-state index in [0.29, 0.717) is 0 Å². The van der Waals surface area contributed by atoms with Crippen LogP contribution in [0.25, 0.3) is 0 Å². The maximum Gasteiger partial charge on any atom is 0.0489 e. The molecule has 0 saturated carbocycles. The van der Waals surface area contributed by atoms with Gasteiger partial charge in [-0.1, -0.05) is 0 Å². The van der Waals surface area contributed by atoms with Gasteiger partial charge in [-0.3, -0.25) is 9.67 Å². The predicted octanol–water partition coefficient (Wildman–Crippen LogP) is 1.46. The van der Waals surface area contributed by atoms with Crippen LogP contribution in [-0.4, -0.2) is 21.3 Å². The van der Waals surface area contributed by atoms with Crippen molar-refractivity contribution >= 4 is 0 Å². The van der Waals surface area contributed by atoms with Crippen molar-refractivity contribution in [2.45, 2.75) is 19.5 Å². The average molecular weight is 216 g/mol. The molecule has 0 atom stereocenters. The normalized spacial score (nSPS) is 10.5. The standard InChI is InChI=1S/C12H16N4/c1(9-16-10-2-6-15-16)5-14-11-12-3-7-13-8-4-12/h2-4,6-8,10,14H,1,5,9,11H2. The van der Waals surface area contributed by atoms with Crippen LogP contribution in [-0.2, 0) is 13.1 Å². The van der Waals surface area contributed by atoms with Crippen LogP contribution in [0.2, 0.25) is 0 Å². The highest BCUT2D eigenvalue weighted by Gasteiger charge is 1.92. The number of nitrogens with zero attached hydrogens (tertiary/aromatic N) is 3. The fourth-order valence-electron chi connectivity index (χ4n) is 1.53. The zero-order valence-corrected chi connectivity index (χ0v) is 9.21. The third-order valence-electron chi connectivity index (χ3n) is 2.38. The number of hydrogen-bond acceptors (Lipinski definition) is 3. The summed E-state index contributed by atoms with van der Waals surface area (Å²) in [6.45, 7) is 2.88. The fraction of sp³-hybridized carbons (Fsp3) is 0.333. The summed E-state index contributed by atoms with van der Waals surface area (Å²) in [7, 11) is 0. The van der Waals surface area contributed by atoms with Crippen LogP contribution in [0.1, 0.15) is 12.0 Å². The first-order valence-corrected chi connectivity index (χ1v) is 5.52. The van der Waals surface area contributed by atoms with E-state index in [1.807, 2.05) is 47.7 Å². The van der Waals surface area contributed by atoms with Crippen molar-refractivity contribution in [2.75, 3.05) is 6.54 Å². The van der Waals surface area contributed by atoms with Gasteiger partial charge in [0, 0.05) is 37.9 Å². The molecule has 2 aromatic heterocycles. The van der Waals surface area contributed by atoms with Crippen LogP contribution in [0.15, 0.2) is 43.0 Å². The monoisotopic (exact) mass is 216 g/mol. The molecule has 0 aliphatic carbocycles. The van der Waals surface area contributed by atoms with Gasteiger partial charge in [0.15, 0.2) is 0 Å². The van der Waals surface area contributed by atoms with Gasteiger partial charge in [-0.15, -0.1) is 0 Å². The highest BCUT2D eigenvalue weighted by Crippen LogP contribution is 1.95. The zero-order valence-electron chi connectivity index (χ0n) is 9.21. The van der Waals surface area contributed by atoms with Crippen molar-refractivity contribution in [2.24, 2.45) is 0 Å². The minimum absolute atomic E-state index is 0.904. The molecule has 2 rings (SSSR count). The van der Waals surface area contributed by atoms with E-state index in [2.05, 4.69) is 15.4 Å². The van der Waals surface area contributed by atoms with E-state index in [4.69, 9.17) is 0 Å². The average Bonchev–Trinajstić information content (AvgIpc) is 2.83. The summed E-state index contributed by atoms with van der Waals surface area (Å²) in [6.07, 6.45) is 8.53. The largest absolute Gasteiger partial charge is 0.313 e. The second kappa shape index (κ2) is 6.02. The lowest BCUT2D eigenvalue weighted by atomic mass is 10.2. The van der Waals surface area contributed by atoms with Crippen molar-refractivity contribution in [3.63, 3.8) is 0 Å². The first kappa shape index (κ1) is 10.8. The lowest BCUT2D eigenvalue weighted by Crippen LogP contribution is -2.16. The Labute approximate surface area is 95.3 Å². The molecule has 0 spiro atoms. The van der Waals surface area contributed by atoms with Gasteiger partial charge in [-0.05, 0) is 36.7 Å². The molecule has 4 heteroatoms. The van der Waals surface area contributed by atoms with Gasteiger partial charge in [0.1, 0.15) is 0 Å². The molecule has 0 unspecified atom stereocenters. The van der Waals surface area contributed by atoms with Crippen molar-refractivity contribution in [3.05, 3.63) is 48.5 Å². The van der Waals surface area contributed by atoms with E-state index >= 15 is 0 Å². The van der Waals surface area contributed by atoms with Gasteiger partial charge in [0.25, 0.3) is 0 Å². The first-order chi connectivity index (χ1) is 7.95. The lowest BCUT2D eigenvalue weighted by molar-refractivity contribution is 0.543. The summed E-state index contributed by atoms with van der Waals surface area (Å²) in [4.78, 5) is 3.98. The number of aryl methyl sites for hydroxylation is 1. The molecule has 0 radical (unpaired) electrons. The Morgan fingerprint density at radius 3 is 2.81 bits per heavy atom. The molecule has 84 valence electrons. The van der Waals surface area contributed by atoms with Crippen LogP contribution in [0, 0.1) is 0 Å². The topological polar surface area (TPSA) is 42.7 Å². The van der Waals surface area contributed by atoms with Crippen molar-refractivity contribution in [1.29, 1.82) is 0 Å². The Morgan fingerprint density at radius 1 is 1.19 bits per heavy atom. The highest BCUT2D eigenvalue weighted by atomic mass is 15.3. The fourth-order valence-corrected chi connectivity index (χ4v) is 1.53.